The molecular weight excluding hydrogens is 292 g/mol. The smallest absolute Gasteiger partial charge is 0.343 e. The van der Waals surface area contributed by atoms with Crippen LogP contribution in [0.5, 0.6) is 5.75 Å². The second kappa shape index (κ2) is 6.36. The van der Waals surface area contributed by atoms with Gasteiger partial charge in [-0.3, -0.25) is 0 Å². The molecule has 0 aliphatic heterocycles. The molecule has 0 fully saturated rings. The lowest BCUT2D eigenvalue weighted by Gasteiger charge is -2.04. The van der Waals surface area contributed by atoms with Crippen molar-refractivity contribution in [3.63, 3.8) is 0 Å². The standard InChI is InChI=1S/C14H11BrO2.CH4/c1-10-2-8-13(9-3-10)17-14(16)11-4-6-12(15)7-5-11;/h2-9H,1H3;1H4. The number of carbonyl (C=O) groups excluding carboxylic acids is 1. The molecule has 0 N–H and O–H groups in total. The van der Waals surface area contributed by atoms with Gasteiger partial charge < -0.3 is 4.74 Å². The van der Waals surface area contributed by atoms with Crippen molar-refractivity contribution >= 4 is 21.9 Å². The Bertz CT molecular complexity index is 515. The molecule has 0 radical (unpaired) electrons. The number of hydrogen-bond donors (Lipinski definition) is 0. The fourth-order valence-corrected chi connectivity index (χ4v) is 1.62. The Morgan fingerprint density at radius 1 is 1.00 bits per heavy atom. The van der Waals surface area contributed by atoms with Gasteiger partial charge in [-0.15, -0.1) is 0 Å². The molecule has 0 saturated heterocycles. The second-order valence-corrected chi connectivity index (χ2v) is 4.63. The molecule has 0 amide bonds. The maximum Gasteiger partial charge on any atom is 0.343 e. The lowest BCUT2D eigenvalue weighted by atomic mass is 10.2. The van der Waals surface area contributed by atoms with E-state index in [9.17, 15) is 4.79 Å². The van der Waals surface area contributed by atoms with E-state index in [0.717, 1.165) is 10.0 Å². The van der Waals surface area contributed by atoms with Crippen molar-refractivity contribution in [2.45, 2.75) is 14.4 Å². The summed E-state index contributed by atoms with van der Waals surface area (Å²) in [5.41, 5.74) is 1.67. The van der Waals surface area contributed by atoms with Crippen LogP contribution < -0.4 is 4.74 Å². The Balaban J connectivity index is 0.00000162. The van der Waals surface area contributed by atoms with Crippen molar-refractivity contribution in [3.8, 4) is 5.75 Å². The first-order valence-electron chi connectivity index (χ1n) is 5.19. The molecule has 94 valence electrons. The average molecular weight is 307 g/mol. The summed E-state index contributed by atoms with van der Waals surface area (Å²) in [6.07, 6.45) is 0. The van der Waals surface area contributed by atoms with Crippen molar-refractivity contribution in [1.82, 2.24) is 0 Å². The summed E-state index contributed by atoms with van der Waals surface area (Å²) in [7, 11) is 0. The molecule has 2 aromatic rings. The first-order chi connectivity index (χ1) is 8.15. The molecule has 0 aromatic heterocycles. The van der Waals surface area contributed by atoms with Gasteiger partial charge in [0.1, 0.15) is 5.75 Å². The predicted molar refractivity (Wildman–Crippen MR) is 77.0 cm³/mol. The van der Waals surface area contributed by atoms with Gasteiger partial charge in [-0.1, -0.05) is 41.1 Å². The number of aryl methyl sites for hydroxylation is 1. The van der Waals surface area contributed by atoms with Crippen molar-refractivity contribution < 1.29 is 9.53 Å². The first kappa shape index (κ1) is 14.5. The zero-order valence-corrected chi connectivity index (χ0v) is 10.9. The summed E-state index contributed by atoms with van der Waals surface area (Å²) in [5, 5.41) is 0. The highest BCUT2D eigenvalue weighted by atomic mass is 79.9. The number of carbonyl (C=O) groups is 1. The molecular formula is C15H15BrO2. The van der Waals surface area contributed by atoms with Gasteiger partial charge in [0.15, 0.2) is 0 Å². The molecule has 0 aliphatic carbocycles. The summed E-state index contributed by atoms with van der Waals surface area (Å²) < 4.78 is 6.18. The largest absolute Gasteiger partial charge is 0.423 e. The third kappa shape index (κ3) is 3.70. The Hall–Kier alpha value is -1.61. The lowest BCUT2D eigenvalue weighted by Crippen LogP contribution is -2.08. The van der Waals surface area contributed by atoms with E-state index < -0.39 is 0 Å². The molecule has 0 unspecified atom stereocenters. The number of ether oxygens (including phenoxy) is 1. The molecule has 0 saturated carbocycles. The normalized spacial score (nSPS) is 9.44. The molecule has 0 aliphatic rings. The molecule has 2 nitrogen and oxygen atoms in total. The van der Waals surface area contributed by atoms with Crippen LogP contribution in [0.2, 0.25) is 0 Å². The number of hydrogen-bond acceptors (Lipinski definition) is 2. The third-order valence-corrected chi connectivity index (χ3v) is 2.84. The molecule has 18 heavy (non-hydrogen) atoms. The second-order valence-electron chi connectivity index (χ2n) is 3.71. The van der Waals surface area contributed by atoms with Crippen LogP contribution in [0, 0.1) is 6.92 Å². The summed E-state index contributed by atoms with van der Waals surface area (Å²) in [5.74, 6) is 0.213. The number of halogens is 1. The minimum Gasteiger partial charge on any atom is -0.423 e. The van der Waals surface area contributed by atoms with Gasteiger partial charge in [0.25, 0.3) is 0 Å². The summed E-state index contributed by atoms with van der Waals surface area (Å²) >= 11 is 3.32. The number of benzene rings is 2. The van der Waals surface area contributed by atoms with Crippen LogP contribution in [-0.2, 0) is 0 Å². The highest BCUT2D eigenvalue weighted by Crippen LogP contribution is 2.15. The zero-order chi connectivity index (χ0) is 12.3. The van der Waals surface area contributed by atoms with Gasteiger partial charge in [-0.05, 0) is 43.3 Å². The molecule has 0 spiro atoms. The maximum atomic E-state index is 11.8. The highest BCUT2D eigenvalue weighted by molar-refractivity contribution is 9.10. The van der Waals surface area contributed by atoms with E-state index in [-0.39, 0.29) is 13.4 Å². The van der Waals surface area contributed by atoms with Crippen molar-refractivity contribution in [2.75, 3.05) is 0 Å². The minimum atomic E-state index is -0.346. The van der Waals surface area contributed by atoms with Gasteiger partial charge in [0, 0.05) is 4.47 Å². The fourth-order valence-electron chi connectivity index (χ4n) is 1.36. The maximum absolute atomic E-state index is 11.8. The highest BCUT2D eigenvalue weighted by Gasteiger charge is 2.07. The molecule has 2 rings (SSSR count). The summed E-state index contributed by atoms with van der Waals surface area (Å²) in [4.78, 5) is 11.8. The first-order valence-corrected chi connectivity index (χ1v) is 5.99. The van der Waals surface area contributed by atoms with E-state index >= 15 is 0 Å². The third-order valence-electron chi connectivity index (χ3n) is 2.31. The van der Waals surface area contributed by atoms with Gasteiger partial charge in [-0.25, -0.2) is 4.79 Å². The molecule has 0 bridgehead atoms. The van der Waals surface area contributed by atoms with E-state index in [2.05, 4.69) is 15.9 Å². The van der Waals surface area contributed by atoms with Crippen molar-refractivity contribution in [1.29, 1.82) is 0 Å². The Kier molecular flexibility index (Phi) is 5.10. The van der Waals surface area contributed by atoms with Crippen molar-refractivity contribution in [3.05, 3.63) is 64.1 Å². The van der Waals surface area contributed by atoms with Gasteiger partial charge >= 0.3 is 5.97 Å². The van der Waals surface area contributed by atoms with E-state index in [1.54, 1.807) is 24.3 Å². The summed E-state index contributed by atoms with van der Waals surface area (Å²) in [6.45, 7) is 1.99. The quantitative estimate of drug-likeness (QED) is 0.598. The van der Waals surface area contributed by atoms with Crippen LogP contribution >= 0.6 is 15.9 Å². The van der Waals surface area contributed by atoms with Crippen molar-refractivity contribution in [2.24, 2.45) is 0 Å². The Morgan fingerprint density at radius 2 is 1.56 bits per heavy atom. The van der Waals surface area contributed by atoms with Crippen LogP contribution in [0.3, 0.4) is 0 Å². The topological polar surface area (TPSA) is 26.3 Å². The number of rotatable bonds is 2. The van der Waals surface area contributed by atoms with Crippen LogP contribution in [0.25, 0.3) is 0 Å². The predicted octanol–water partition coefficient (Wildman–Crippen LogP) is 4.61. The van der Waals surface area contributed by atoms with Gasteiger partial charge in [0.2, 0.25) is 0 Å². The van der Waals surface area contributed by atoms with Crippen LogP contribution in [-0.4, -0.2) is 5.97 Å². The lowest BCUT2D eigenvalue weighted by molar-refractivity contribution is 0.0734. The van der Waals surface area contributed by atoms with Crippen LogP contribution in [0.4, 0.5) is 0 Å². The van der Waals surface area contributed by atoms with Crippen LogP contribution in [0.1, 0.15) is 23.3 Å². The molecule has 2 aromatic carbocycles. The summed E-state index contributed by atoms with van der Waals surface area (Å²) in [6, 6.07) is 14.4. The SMILES string of the molecule is C.Cc1ccc(OC(=O)c2ccc(Br)cc2)cc1. The van der Waals surface area contributed by atoms with Crippen LogP contribution in [0.15, 0.2) is 53.0 Å². The van der Waals surface area contributed by atoms with E-state index in [4.69, 9.17) is 4.74 Å². The average Bonchev–Trinajstić information content (AvgIpc) is 2.33. The number of esters is 1. The molecule has 0 heterocycles. The molecule has 0 atom stereocenters. The van der Waals surface area contributed by atoms with Gasteiger partial charge in [0.05, 0.1) is 5.56 Å². The fraction of sp³-hybridized carbons (Fsp3) is 0.133. The molecule has 3 heteroatoms. The Labute approximate surface area is 116 Å². The Morgan fingerprint density at radius 3 is 2.11 bits per heavy atom. The van der Waals surface area contributed by atoms with E-state index in [1.165, 1.54) is 0 Å². The van der Waals surface area contributed by atoms with Gasteiger partial charge in [-0.2, -0.15) is 0 Å². The zero-order valence-electron chi connectivity index (χ0n) is 9.31. The van der Waals surface area contributed by atoms with E-state index in [0.29, 0.717) is 11.3 Å². The van der Waals surface area contributed by atoms with E-state index in [1.807, 2.05) is 31.2 Å². The minimum absolute atomic E-state index is 0. The monoisotopic (exact) mass is 306 g/mol.